The van der Waals surface area contributed by atoms with Crippen molar-refractivity contribution in [2.24, 2.45) is 5.92 Å². The molecule has 1 aliphatic carbocycles. The van der Waals surface area contributed by atoms with Crippen molar-refractivity contribution in [1.82, 2.24) is 10.2 Å². The molecule has 1 N–H and O–H groups in total. The molecule has 0 aromatic rings. The van der Waals surface area contributed by atoms with Gasteiger partial charge < -0.3 is 10.2 Å². The van der Waals surface area contributed by atoms with Crippen LogP contribution in [0.4, 0.5) is 0 Å². The summed E-state index contributed by atoms with van der Waals surface area (Å²) in [7, 11) is 0. The predicted octanol–water partition coefficient (Wildman–Crippen LogP) is 2.86. The van der Waals surface area contributed by atoms with E-state index in [0.29, 0.717) is 12.3 Å². The lowest BCUT2D eigenvalue weighted by atomic mass is 9.87. The van der Waals surface area contributed by atoms with Crippen LogP contribution in [0.5, 0.6) is 0 Å². The third-order valence-corrected chi connectivity index (χ3v) is 5.16. The summed E-state index contributed by atoms with van der Waals surface area (Å²) in [4.78, 5) is 27.1. The van der Waals surface area contributed by atoms with E-state index >= 15 is 0 Å². The van der Waals surface area contributed by atoms with Gasteiger partial charge in [-0.2, -0.15) is 0 Å². The Morgan fingerprint density at radius 1 is 1.14 bits per heavy atom. The lowest BCUT2D eigenvalue weighted by Gasteiger charge is -2.46. The van der Waals surface area contributed by atoms with Crippen molar-refractivity contribution in [3.8, 4) is 0 Å². The standard InChI is InChI=1S/C17H30N2O2/c1-4-6-7-8-9-12-19-15(20)14(5-2)18-16(21)17(19,3)13-10-11-13/h13-14H,4-12H2,1-3H3,(H,18,21). The SMILES string of the molecule is CCCCCCCN1C(=O)C(CC)NC(=O)C1(C)C1CC1. The molecule has 0 bridgehead atoms. The summed E-state index contributed by atoms with van der Waals surface area (Å²) in [5, 5.41) is 2.94. The number of carbonyl (C=O) groups excluding carboxylic acids is 2. The second-order valence-corrected chi connectivity index (χ2v) is 6.76. The first-order valence-corrected chi connectivity index (χ1v) is 8.68. The lowest BCUT2D eigenvalue weighted by Crippen LogP contribution is -2.70. The number of nitrogens with zero attached hydrogens (tertiary/aromatic N) is 1. The summed E-state index contributed by atoms with van der Waals surface area (Å²) in [5.74, 6) is 0.543. The monoisotopic (exact) mass is 294 g/mol. The number of hydrogen-bond donors (Lipinski definition) is 1. The maximum Gasteiger partial charge on any atom is 0.246 e. The Labute approximate surface area is 128 Å². The lowest BCUT2D eigenvalue weighted by molar-refractivity contribution is -0.158. The molecule has 0 aromatic heterocycles. The Kier molecular flexibility index (Phi) is 5.28. The normalized spacial score (nSPS) is 29.7. The van der Waals surface area contributed by atoms with Gasteiger partial charge in [-0.15, -0.1) is 0 Å². The number of unbranched alkanes of at least 4 members (excludes halogenated alkanes) is 4. The Hall–Kier alpha value is -1.06. The molecule has 1 saturated carbocycles. The third kappa shape index (κ3) is 3.24. The molecular weight excluding hydrogens is 264 g/mol. The Morgan fingerprint density at radius 2 is 1.81 bits per heavy atom. The van der Waals surface area contributed by atoms with Crippen LogP contribution in [0.25, 0.3) is 0 Å². The third-order valence-electron chi connectivity index (χ3n) is 5.16. The molecule has 2 unspecified atom stereocenters. The summed E-state index contributed by atoms with van der Waals surface area (Å²) in [5.41, 5.74) is -0.604. The van der Waals surface area contributed by atoms with Gasteiger partial charge in [-0.25, -0.2) is 0 Å². The zero-order chi connectivity index (χ0) is 15.5. The minimum atomic E-state index is -0.604. The molecule has 0 radical (unpaired) electrons. The van der Waals surface area contributed by atoms with Crippen molar-refractivity contribution in [2.75, 3.05) is 6.54 Å². The highest BCUT2D eigenvalue weighted by Gasteiger charge is 2.56. The summed E-state index contributed by atoms with van der Waals surface area (Å²) in [6, 6.07) is -0.319. The molecule has 2 amide bonds. The van der Waals surface area contributed by atoms with Gasteiger partial charge in [0.2, 0.25) is 11.8 Å². The predicted molar refractivity (Wildman–Crippen MR) is 83.8 cm³/mol. The van der Waals surface area contributed by atoms with Gasteiger partial charge in [-0.3, -0.25) is 9.59 Å². The minimum Gasteiger partial charge on any atom is -0.342 e. The fourth-order valence-electron chi connectivity index (χ4n) is 3.45. The Balaban J connectivity index is 2.03. The van der Waals surface area contributed by atoms with Gasteiger partial charge in [-0.1, -0.05) is 39.5 Å². The molecule has 1 heterocycles. The fraction of sp³-hybridized carbons (Fsp3) is 0.882. The van der Waals surface area contributed by atoms with E-state index in [0.717, 1.165) is 32.2 Å². The van der Waals surface area contributed by atoms with Crippen LogP contribution in [0.2, 0.25) is 0 Å². The zero-order valence-corrected chi connectivity index (χ0v) is 13.8. The van der Waals surface area contributed by atoms with E-state index in [1.165, 1.54) is 19.3 Å². The van der Waals surface area contributed by atoms with Crippen molar-refractivity contribution >= 4 is 11.8 Å². The van der Waals surface area contributed by atoms with Gasteiger partial charge in [0, 0.05) is 6.54 Å². The Morgan fingerprint density at radius 3 is 2.38 bits per heavy atom. The summed E-state index contributed by atoms with van der Waals surface area (Å²) in [6.07, 6.45) is 8.68. The van der Waals surface area contributed by atoms with E-state index in [2.05, 4.69) is 12.2 Å². The van der Waals surface area contributed by atoms with Crippen LogP contribution in [0.3, 0.4) is 0 Å². The molecule has 4 nitrogen and oxygen atoms in total. The first kappa shape index (κ1) is 16.3. The van der Waals surface area contributed by atoms with Gasteiger partial charge in [0.25, 0.3) is 0 Å². The minimum absolute atomic E-state index is 0.0602. The second kappa shape index (κ2) is 6.80. The number of hydrogen-bond acceptors (Lipinski definition) is 2. The van der Waals surface area contributed by atoms with E-state index in [-0.39, 0.29) is 17.9 Å². The smallest absolute Gasteiger partial charge is 0.246 e. The first-order valence-electron chi connectivity index (χ1n) is 8.68. The van der Waals surface area contributed by atoms with Crippen molar-refractivity contribution in [2.45, 2.75) is 83.7 Å². The number of carbonyl (C=O) groups is 2. The molecular formula is C17H30N2O2. The van der Waals surface area contributed by atoms with Gasteiger partial charge in [0.05, 0.1) is 0 Å². The van der Waals surface area contributed by atoms with Gasteiger partial charge >= 0.3 is 0 Å². The van der Waals surface area contributed by atoms with E-state index in [4.69, 9.17) is 0 Å². The fourth-order valence-corrected chi connectivity index (χ4v) is 3.45. The van der Waals surface area contributed by atoms with Crippen LogP contribution in [-0.4, -0.2) is 34.8 Å². The maximum atomic E-state index is 12.7. The van der Waals surface area contributed by atoms with Crippen LogP contribution in [0, 0.1) is 5.92 Å². The molecule has 0 spiro atoms. The number of amides is 2. The molecule has 2 rings (SSSR count). The number of rotatable bonds is 8. The Bertz CT molecular complexity index is 392. The molecule has 2 fully saturated rings. The van der Waals surface area contributed by atoms with Crippen LogP contribution >= 0.6 is 0 Å². The van der Waals surface area contributed by atoms with Crippen LogP contribution in [0.15, 0.2) is 0 Å². The van der Waals surface area contributed by atoms with Gasteiger partial charge in [-0.05, 0) is 38.5 Å². The zero-order valence-electron chi connectivity index (χ0n) is 13.8. The molecule has 21 heavy (non-hydrogen) atoms. The molecule has 2 atom stereocenters. The van der Waals surface area contributed by atoms with E-state index < -0.39 is 5.54 Å². The summed E-state index contributed by atoms with van der Waals surface area (Å²) >= 11 is 0. The van der Waals surface area contributed by atoms with E-state index in [9.17, 15) is 9.59 Å². The highest BCUT2D eigenvalue weighted by atomic mass is 16.2. The molecule has 1 aliphatic heterocycles. The molecule has 4 heteroatoms. The van der Waals surface area contributed by atoms with Gasteiger partial charge in [0.15, 0.2) is 0 Å². The van der Waals surface area contributed by atoms with Crippen molar-refractivity contribution < 1.29 is 9.59 Å². The van der Waals surface area contributed by atoms with E-state index in [1.807, 2.05) is 18.7 Å². The summed E-state index contributed by atoms with van der Waals surface area (Å²) < 4.78 is 0. The van der Waals surface area contributed by atoms with Crippen molar-refractivity contribution in [3.05, 3.63) is 0 Å². The number of piperazine rings is 1. The van der Waals surface area contributed by atoms with Crippen molar-refractivity contribution in [3.63, 3.8) is 0 Å². The van der Waals surface area contributed by atoms with Crippen LogP contribution < -0.4 is 5.32 Å². The maximum absolute atomic E-state index is 12.7. The average molecular weight is 294 g/mol. The highest BCUT2D eigenvalue weighted by Crippen LogP contribution is 2.45. The molecule has 0 aromatic carbocycles. The highest BCUT2D eigenvalue weighted by molar-refractivity contribution is 6.00. The van der Waals surface area contributed by atoms with Crippen LogP contribution in [-0.2, 0) is 9.59 Å². The summed E-state index contributed by atoms with van der Waals surface area (Å²) in [6.45, 7) is 6.87. The van der Waals surface area contributed by atoms with Crippen molar-refractivity contribution in [1.29, 1.82) is 0 Å². The molecule has 120 valence electrons. The first-order chi connectivity index (χ1) is 10.1. The largest absolute Gasteiger partial charge is 0.342 e. The topological polar surface area (TPSA) is 49.4 Å². The van der Waals surface area contributed by atoms with Gasteiger partial charge in [0.1, 0.15) is 11.6 Å². The molecule has 1 saturated heterocycles. The quantitative estimate of drug-likeness (QED) is 0.700. The second-order valence-electron chi connectivity index (χ2n) is 6.76. The number of nitrogens with one attached hydrogen (secondary N) is 1. The average Bonchev–Trinajstić information content (AvgIpc) is 3.30. The molecule has 2 aliphatic rings. The van der Waals surface area contributed by atoms with E-state index in [1.54, 1.807) is 0 Å². The van der Waals surface area contributed by atoms with Crippen LogP contribution in [0.1, 0.15) is 72.1 Å².